The van der Waals surface area contributed by atoms with Crippen LogP contribution in [0.2, 0.25) is 0 Å². The van der Waals surface area contributed by atoms with Crippen molar-refractivity contribution in [3.63, 3.8) is 0 Å². The van der Waals surface area contributed by atoms with E-state index < -0.39 is 34.0 Å². The van der Waals surface area contributed by atoms with Gasteiger partial charge in [-0.2, -0.15) is 4.68 Å². The van der Waals surface area contributed by atoms with Crippen LogP contribution in [0.25, 0.3) is 21.8 Å². The number of hydrogen-bond donors (Lipinski definition) is 2. The van der Waals surface area contributed by atoms with Gasteiger partial charge in [-0.15, -0.1) is 5.10 Å². The average molecular weight is 781 g/mol. The number of hydrogen-bond acceptors (Lipinski definition) is 11. The zero-order chi connectivity index (χ0) is 39.9. The molecule has 1 fully saturated rings. The van der Waals surface area contributed by atoms with Gasteiger partial charge in [-0.1, -0.05) is 57.2 Å². The number of ether oxygens (including phenoxy) is 2. The normalized spacial score (nSPS) is 23.1. The number of amides is 2. The van der Waals surface area contributed by atoms with Gasteiger partial charge in [0.15, 0.2) is 11.6 Å². The molecular weight excluding hydrogens is 737 g/mol. The molecule has 56 heavy (non-hydrogen) atoms. The number of nitrogens with one attached hydrogen (secondary N) is 2. The van der Waals surface area contributed by atoms with Crippen LogP contribution in [0, 0.1) is 31.2 Å². The van der Waals surface area contributed by atoms with Crippen molar-refractivity contribution in [2.24, 2.45) is 17.8 Å². The van der Waals surface area contributed by atoms with Gasteiger partial charge in [0.25, 0.3) is 5.70 Å². The molecule has 2 aliphatic heterocycles. The van der Waals surface area contributed by atoms with Gasteiger partial charge in [0.2, 0.25) is 16.0 Å². The Morgan fingerprint density at radius 2 is 1.79 bits per heavy atom. The number of esters is 1. The van der Waals surface area contributed by atoms with Gasteiger partial charge in [-0.25, -0.2) is 47.4 Å². The Balaban J connectivity index is 1.41. The molecule has 1 saturated carbocycles. The number of carbonyl (C=O) groups is 2. The summed E-state index contributed by atoms with van der Waals surface area (Å²) in [4.78, 5) is 50.2. The molecule has 4 heterocycles. The quantitative estimate of drug-likeness (QED) is 0.155. The molecule has 2 amide bonds. The fourth-order valence-corrected chi connectivity index (χ4v) is 8.49. The lowest BCUT2D eigenvalue weighted by Gasteiger charge is -2.37. The summed E-state index contributed by atoms with van der Waals surface area (Å²) >= 11 is 0. The molecule has 7 rings (SSSR count). The fourth-order valence-electron chi connectivity index (χ4n) is 8.03. The van der Waals surface area contributed by atoms with E-state index in [9.17, 15) is 18.0 Å². The lowest BCUT2D eigenvalue weighted by Crippen LogP contribution is -2.58. The summed E-state index contributed by atoms with van der Waals surface area (Å²) in [5.74, 6) is -2.26. The molecular formula is C39H44N10O6S. The molecule has 4 aromatic rings. The van der Waals surface area contributed by atoms with E-state index >= 15 is 0 Å². The first-order valence-corrected chi connectivity index (χ1v) is 20.4. The lowest BCUT2D eigenvalue weighted by molar-refractivity contribution is -0.150. The van der Waals surface area contributed by atoms with Crippen LogP contribution in [0.4, 0.5) is 22.1 Å². The maximum Gasteiger partial charge on any atom is 0.332 e. The summed E-state index contributed by atoms with van der Waals surface area (Å²) in [6.45, 7) is 19.7. The first-order chi connectivity index (χ1) is 26.7. The molecule has 17 heteroatoms. The van der Waals surface area contributed by atoms with Crippen LogP contribution in [0.15, 0.2) is 66.6 Å². The third-order valence-corrected chi connectivity index (χ3v) is 11.2. The summed E-state index contributed by atoms with van der Waals surface area (Å²) in [7, 11) is -3.40. The van der Waals surface area contributed by atoms with E-state index in [0.717, 1.165) is 29.6 Å². The summed E-state index contributed by atoms with van der Waals surface area (Å²) in [6.07, 6.45) is 5.39. The lowest BCUT2D eigenvalue weighted by atomic mass is 9.75. The minimum Gasteiger partial charge on any atom is -0.459 e. The molecule has 3 unspecified atom stereocenters. The van der Waals surface area contributed by atoms with Crippen molar-refractivity contribution in [1.82, 2.24) is 29.5 Å². The second-order valence-corrected chi connectivity index (χ2v) is 16.5. The van der Waals surface area contributed by atoms with Crippen molar-refractivity contribution in [1.29, 1.82) is 0 Å². The van der Waals surface area contributed by atoms with Crippen LogP contribution in [0.1, 0.15) is 51.9 Å². The van der Waals surface area contributed by atoms with Crippen LogP contribution in [0.5, 0.6) is 5.75 Å². The molecule has 16 nitrogen and oxygen atoms in total. The van der Waals surface area contributed by atoms with E-state index in [-0.39, 0.29) is 53.0 Å². The van der Waals surface area contributed by atoms with Gasteiger partial charge < -0.3 is 19.7 Å². The van der Waals surface area contributed by atoms with E-state index in [2.05, 4.69) is 45.6 Å². The number of para-hydroxylation sites is 2. The topological polar surface area (TPSA) is 178 Å². The molecule has 2 N–H and O–H groups in total. The smallest absolute Gasteiger partial charge is 0.332 e. The highest BCUT2D eigenvalue weighted by Gasteiger charge is 2.62. The van der Waals surface area contributed by atoms with E-state index in [1.165, 1.54) is 17.1 Å². The zero-order valence-corrected chi connectivity index (χ0v) is 32.9. The number of urea groups is 1. The summed E-state index contributed by atoms with van der Waals surface area (Å²) in [5.41, 5.74) is 1.88. The van der Waals surface area contributed by atoms with E-state index in [1.807, 2.05) is 43.0 Å². The van der Waals surface area contributed by atoms with Gasteiger partial charge in [-0.05, 0) is 62.1 Å². The number of aryl methyl sites for hydroxylation is 1. The van der Waals surface area contributed by atoms with E-state index in [1.54, 1.807) is 24.3 Å². The molecule has 0 saturated heterocycles. The average Bonchev–Trinajstić information content (AvgIpc) is 3.64. The highest BCUT2D eigenvalue weighted by atomic mass is 32.2. The minimum atomic E-state index is -3.40. The fraction of sp³-hybridized carbons (Fsp3) is 0.410. The molecule has 1 spiro atoms. The summed E-state index contributed by atoms with van der Waals surface area (Å²) < 4.78 is 40.3. The van der Waals surface area contributed by atoms with Gasteiger partial charge >= 0.3 is 17.8 Å². The van der Waals surface area contributed by atoms with Crippen LogP contribution < -0.4 is 24.6 Å². The number of benzene rings is 2. The zero-order valence-electron chi connectivity index (χ0n) is 32.1. The highest BCUT2D eigenvalue weighted by Crippen LogP contribution is 2.50. The van der Waals surface area contributed by atoms with Crippen LogP contribution in [0.3, 0.4) is 0 Å². The second-order valence-electron chi connectivity index (χ2n) is 14.7. The van der Waals surface area contributed by atoms with Crippen molar-refractivity contribution in [2.75, 3.05) is 41.0 Å². The van der Waals surface area contributed by atoms with Crippen molar-refractivity contribution < 1.29 is 27.5 Å². The number of aromatic nitrogens is 5. The SMILES string of the molecule is [C-]#[N+]C1=C(C(=O)OC2C(C)CC(C)CC2C)c2nc(-c3ccccc3C)nn2C12Oc1ccccc1NC(=O)N2c1ncc(N(CC)CCNS(C)(=O)=O)cn1. The number of carbonyl (C=O) groups excluding carboxylic acids is 2. The standard InChI is InChI=1S/C39H44N10O6S/c1-8-47(18-17-43-56(7,52)53)27-21-41-37(42-22-27)48-38(51)44-29-15-11-12-16-30(29)55-39(48)33(40-6)31(36(50)54-32-25(4)19-23(2)20-26(32)5)35-45-34(46-49(35)39)28-14-10-9-13-24(28)3/h9-16,21-23,25-26,32,43H,8,17-20H2,1-5,7H3,(H,44,51). The summed E-state index contributed by atoms with van der Waals surface area (Å²) in [6, 6.07) is 13.4. The van der Waals surface area contributed by atoms with Crippen LogP contribution >= 0.6 is 0 Å². The Morgan fingerprint density at radius 1 is 1.11 bits per heavy atom. The molecule has 0 radical (unpaired) electrons. The Morgan fingerprint density at radius 3 is 2.45 bits per heavy atom. The van der Waals surface area contributed by atoms with Crippen molar-refractivity contribution in [3.05, 3.63) is 89.4 Å². The molecule has 3 atom stereocenters. The minimum absolute atomic E-state index is 0.0203. The number of nitrogens with zero attached hydrogens (tertiary/aromatic N) is 8. The van der Waals surface area contributed by atoms with Gasteiger partial charge in [0, 0.05) is 25.2 Å². The first kappa shape index (κ1) is 38.4. The third kappa shape index (κ3) is 6.94. The molecule has 2 aromatic carbocycles. The predicted molar refractivity (Wildman–Crippen MR) is 210 cm³/mol. The molecule has 1 aliphatic carbocycles. The molecule has 2 aromatic heterocycles. The van der Waals surface area contributed by atoms with Crippen LogP contribution in [-0.2, 0) is 25.4 Å². The van der Waals surface area contributed by atoms with E-state index in [0.29, 0.717) is 35.9 Å². The Hall–Kier alpha value is -5.86. The molecule has 0 bridgehead atoms. The Labute approximate surface area is 325 Å². The molecule has 3 aliphatic rings. The van der Waals surface area contributed by atoms with Gasteiger partial charge in [0.1, 0.15) is 17.4 Å². The number of anilines is 3. The largest absolute Gasteiger partial charge is 0.459 e. The third-order valence-electron chi connectivity index (χ3n) is 10.5. The first-order valence-electron chi connectivity index (χ1n) is 18.5. The summed E-state index contributed by atoms with van der Waals surface area (Å²) in [5, 5.41) is 7.76. The maximum absolute atomic E-state index is 14.7. The second kappa shape index (κ2) is 15.0. The van der Waals surface area contributed by atoms with Gasteiger partial charge in [-0.3, -0.25) is 0 Å². The number of sulfonamides is 1. The predicted octanol–water partition coefficient (Wildman–Crippen LogP) is 5.42. The van der Waals surface area contributed by atoms with Crippen molar-refractivity contribution in [3.8, 4) is 17.1 Å². The van der Waals surface area contributed by atoms with E-state index in [4.69, 9.17) is 26.1 Å². The van der Waals surface area contributed by atoms with Crippen LogP contribution in [-0.4, -0.2) is 77.1 Å². The van der Waals surface area contributed by atoms with Crippen molar-refractivity contribution >= 4 is 44.9 Å². The maximum atomic E-state index is 14.7. The van der Waals surface area contributed by atoms with Crippen molar-refractivity contribution in [2.45, 2.75) is 59.4 Å². The molecule has 292 valence electrons. The number of rotatable bonds is 10. The monoisotopic (exact) mass is 780 g/mol. The van der Waals surface area contributed by atoms with Gasteiger partial charge in [0.05, 0.1) is 36.6 Å². The Kier molecular flexibility index (Phi) is 10.3. The number of fused-ring (bicyclic) bond motifs is 3. The number of likely N-dealkylation sites (N-methyl/N-ethyl adjacent to an activating group) is 1. The Bertz CT molecular complexity index is 2350. The highest BCUT2D eigenvalue weighted by molar-refractivity contribution is 7.88.